The third kappa shape index (κ3) is 4.00. The lowest BCUT2D eigenvalue weighted by Gasteiger charge is -2.11. The van der Waals surface area contributed by atoms with Crippen LogP contribution >= 0.6 is 0 Å². The summed E-state index contributed by atoms with van der Waals surface area (Å²) in [5, 5.41) is 5.76. The van der Waals surface area contributed by atoms with Gasteiger partial charge in [0, 0.05) is 12.2 Å². The molecule has 0 aromatic heterocycles. The van der Waals surface area contributed by atoms with Crippen LogP contribution in [0.3, 0.4) is 0 Å². The van der Waals surface area contributed by atoms with Gasteiger partial charge in [0.15, 0.2) is 11.5 Å². The topological polar surface area (TPSA) is 85.9 Å². The molecule has 0 spiro atoms. The van der Waals surface area contributed by atoms with Crippen LogP contribution in [0.4, 0.5) is 5.69 Å². The fourth-order valence-electron chi connectivity index (χ4n) is 2.41. The highest BCUT2D eigenvalue weighted by atomic mass is 16.7. The summed E-state index contributed by atoms with van der Waals surface area (Å²) in [5.41, 5.74) is 1.84. The molecule has 0 bridgehead atoms. The van der Waals surface area contributed by atoms with Crippen molar-refractivity contribution in [3.05, 3.63) is 53.6 Å². The molecule has 1 heterocycles. The molecule has 0 unspecified atom stereocenters. The van der Waals surface area contributed by atoms with E-state index in [2.05, 4.69) is 10.6 Å². The zero-order valence-corrected chi connectivity index (χ0v) is 13.7. The first-order valence-corrected chi connectivity index (χ1v) is 7.74. The van der Waals surface area contributed by atoms with Gasteiger partial charge in [-0.15, -0.1) is 0 Å². The van der Waals surface area contributed by atoms with Crippen molar-refractivity contribution in [2.45, 2.75) is 6.54 Å². The molecular formula is C18H18N2O5. The van der Waals surface area contributed by atoms with Crippen molar-refractivity contribution in [3.63, 3.8) is 0 Å². The van der Waals surface area contributed by atoms with Crippen molar-refractivity contribution in [2.24, 2.45) is 0 Å². The Labute approximate surface area is 144 Å². The van der Waals surface area contributed by atoms with E-state index >= 15 is 0 Å². The molecular weight excluding hydrogens is 324 g/mol. The van der Waals surface area contributed by atoms with Gasteiger partial charge in [-0.1, -0.05) is 18.2 Å². The Morgan fingerprint density at radius 2 is 1.92 bits per heavy atom. The van der Waals surface area contributed by atoms with Gasteiger partial charge >= 0.3 is 5.97 Å². The SMILES string of the molecule is COC(=O)c1ccccc1NCC(=O)NCc1ccc2c(c1)OCO2. The first-order valence-electron chi connectivity index (χ1n) is 7.74. The van der Waals surface area contributed by atoms with Crippen LogP contribution in [0.25, 0.3) is 0 Å². The fraction of sp³-hybridized carbons (Fsp3) is 0.222. The lowest BCUT2D eigenvalue weighted by Crippen LogP contribution is -2.29. The number of anilines is 1. The van der Waals surface area contributed by atoms with Crippen LogP contribution in [-0.2, 0) is 16.1 Å². The van der Waals surface area contributed by atoms with Gasteiger partial charge in [-0.25, -0.2) is 4.79 Å². The van der Waals surface area contributed by atoms with Crippen molar-refractivity contribution in [3.8, 4) is 11.5 Å². The van der Waals surface area contributed by atoms with Crippen LogP contribution in [0.2, 0.25) is 0 Å². The monoisotopic (exact) mass is 342 g/mol. The maximum absolute atomic E-state index is 12.0. The minimum Gasteiger partial charge on any atom is -0.465 e. The number of fused-ring (bicyclic) bond motifs is 1. The molecule has 0 atom stereocenters. The lowest BCUT2D eigenvalue weighted by molar-refractivity contribution is -0.119. The van der Waals surface area contributed by atoms with Crippen molar-refractivity contribution < 1.29 is 23.8 Å². The summed E-state index contributed by atoms with van der Waals surface area (Å²) in [7, 11) is 1.32. The standard InChI is InChI=1S/C18H18N2O5/c1-23-18(22)13-4-2-3-5-14(13)19-10-17(21)20-9-12-6-7-15-16(8-12)25-11-24-15/h2-8,19H,9-11H2,1H3,(H,20,21). The van der Waals surface area contributed by atoms with E-state index in [4.69, 9.17) is 14.2 Å². The van der Waals surface area contributed by atoms with Crippen LogP contribution in [0, 0.1) is 0 Å². The Morgan fingerprint density at radius 3 is 2.76 bits per heavy atom. The molecule has 2 aromatic carbocycles. The number of ether oxygens (including phenoxy) is 3. The van der Waals surface area contributed by atoms with E-state index < -0.39 is 5.97 Å². The molecule has 1 aliphatic rings. The predicted molar refractivity (Wildman–Crippen MR) is 90.7 cm³/mol. The van der Waals surface area contributed by atoms with E-state index in [-0.39, 0.29) is 19.2 Å². The quantitative estimate of drug-likeness (QED) is 0.780. The van der Waals surface area contributed by atoms with Crippen LogP contribution in [0.1, 0.15) is 15.9 Å². The van der Waals surface area contributed by atoms with Gasteiger partial charge < -0.3 is 24.8 Å². The molecule has 2 N–H and O–H groups in total. The van der Waals surface area contributed by atoms with Crippen molar-refractivity contribution in [2.75, 3.05) is 25.8 Å². The van der Waals surface area contributed by atoms with Gasteiger partial charge in [0.2, 0.25) is 12.7 Å². The number of para-hydroxylation sites is 1. The smallest absolute Gasteiger partial charge is 0.339 e. The highest BCUT2D eigenvalue weighted by Gasteiger charge is 2.14. The second kappa shape index (κ2) is 7.57. The first kappa shape index (κ1) is 16.6. The third-order valence-corrected chi connectivity index (χ3v) is 3.70. The van der Waals surface area contributed by atoms with E-state index in [1.54, 1.807) is 24.3 Å². The molecule has 7 nitrogen and oxygen atoms in total. The molecule has 0 radical (unpaired) electrons. The van der Waals surface area contributed by atoms with Crippen LogP contribution < -0.4 is 20.1 Å². The molecule has 0 saturated heterocycles. The van der Waals surface area contributed by atoms with Crippen molar-refractivity contribution in [1.82, 2.24) is 5.32 Å². The zero-order chi connectivity index (χ0) is 17.6. The molecule has 130 valence electrons. The van der Waals surface area contributed by atoms with E-state index in [0.29, 0.717) is 29.3 Å². The summed E-state index contributed by atoms with van der Waals surface area (Å²) in [6, 6.07) is 12.4. The molecule has 0 fully saturated rings. The van der Waals surface area contributed by atoms with Gasteiger partial charge in [0.1, 0.15) is 0 Å². The molecule has 0 saturated carbocycles. The second-order valence-electron chi connectivity index (χ2n) is 5.36. The molecule has 1 amide bonds. The third-order valence-electron chi connectivity index (χ3n) is 3.70. The highest BCUT2D eigenvalue weighted by Crippen LogP contribution is 2.32. The second-order valence-corrected chi connectivity index (χ2v) is 5.36. The van der Waals surface area contributed by atoms with Crippen LogP contribution in [0.5, 0.6) is 11.5 Å². The number of carbonyl (C=O) groups excluding carboxylic acids is 2. The Morgan fingerprint density at radius 1 is 1.12 bits per heavy atom. The first-order chi connectivity index (χ1) is 12.2. The molecule has 2 aromatic rings. The largest absolute Gasteiger partial charge is 0.465 e. The number of nitrogens with one attached hydrogen (secondary N) is 2. The number of hydrogen-bond acceptors (Lipinski definition) is 6. The number of rotatable bonds is 6. The van der Waals surface area contributed by atoms with Gasteiger partial charge in [-0.2, -0.15) is 0 Å². The number of amides is 1. The minimum atomic E-state index is -0.455. The van der Waals surface area contributed by atoms with Gasteiger partial charge in [0.05, 0.1) is 19.2 Å². The molecule has 3 rings (SSSR count). The Bertz CT molecular complexity index is 791. The molecule has 0 aliphatic carbocycles. The van der Waals surface area contributed by atoms with E-state index in [0.717, 1.165) is 5.56 Å². The molecule has 7 heteroatoms. The van der Waals surface area contributed by atoms with Crippen molar-refractivity contribution in [1.29, 1.82) is 0 Å². The number of hydrogen-bond donors (Lipinski definition) is 2. The average molecular weight is 342 g/mol. The zero-order valence-electron chi connectivity index (χ0n) is 13.7. The van der Waals surface area contributed by atoms with Gasteiger partial charge in [0.25, 0.3) is 0 Å². The van der Waals surface area contributed by atoms with E-state index in [1.165, 1.54) is 7.11 Å². The Balaban J connectivity index is 1.53. The average Bonchev–Trinajstić information content (AvgIpc) is 3.12. The lowest BCUT2D eigenvalue weighted by atomic mass is 10.2. The number of methoxy groups -OCH3 is 1. The van der Waals surface area contributed by atoms with Gasteiger partial charge in [-0.3, -0.25) is 4.79 Å². The highest BCUT2D eigenvalue weighted by molar-refractivity contribution is 5.96. The predicted octanol–water partition coefficient (Wildman–Crippen LogP) is 1.93. The summed E-state index contributed by atoms with van der Waals surface area (Å²) in [4.78, 5) is 23.7. The van der Waals surface area contributed by atoms with Crippen molar-refractivity contribution >= 4 is 17.6 Å². The summed E-state index contributed by atoms with van der Waals surface area (Å²) in [5.74, 6) is 0.731. The maximum atomic E-state index is 12.0. The fourth-order valence-corrected chi connectivity index (χ4v) is 2.41. The Kier molecular flexibility index (Phi) is 5.03. The van der Waals surface area contributed by atoms with E-state index in [1.807, 2.05) is 18.2 Å². The summed E-state index contributed by atoms with van der Waals surface area (Å²) >= 11 is 0. The summed E-state index contributed by atoms with van der Waals surface area (Å²) < 4.78 is 15.3. The summed E-state index contributed by atoms with van der Waals surface area (Å²) in [6.45, 7) is 0.628. The number of esters is 1. The van der Waals surface area contributed by atoms with Gasteiger partial charge in [-0.05, 0) is 29.8 Å². The Hall–Kier alpha value is -3.22. The molecule has 1 aliphatic heterocycles. The maximum Gasteiger partial charge on any atom is 0.339 e. The van der Waals surface area contributed by atoms with E-state index in [9.17, 15) is 9.59 Å². The van der Waals surface area contributed by atoms with Crippen LogP contribution in [-0.4, -0.2) is 32.3 Å². The summed E-state index contributed by atoms with van der Waals surface area (Å²) in [6.07, 6.45) is 0. The number of benzene rings is 2. The minimum absolute atomic E-state index is 0.0402. The normalized spacial score (nSPS) is 11.7. The number of carbonyl (C=O) groups is 2. The molecule has 25 heavy (non-hydrogen) atoms. The van der Waals surface area contributed by atoms with Crippen LogP contribution in [0.15, 0.2) is 42.5 Å².